The quantitative estimate of drug-likeness (QED) is 0.752. The molecule has 0 saturated carbocycles. The normalized spacial score (nSPS) is 18.8. The van der Waals surface area contributed by atoms with Gasteiger partial charge in [-0.3, -0.25) is 4.79 Å². The number of carbonyl (C=O) groups excluding carboxylic acids is 1. The fraction of sp³-hybridized carbons (Fsp3) is 0.235. The molecule has 0 spiro atoms. The molecule has 0 aliphatic carbocycles. The molecular formula is C17H16BrNO2S. The van der Waals surface area contributed by atoms with Crippen LogP contribution in [0, 0.1) is 0 Å². The van der Waals surface area contributed by atoms with Crippen LogP contribution in [0.3, 0.4) is 0 Å². The minimum Gasteiger partial charge on any atom is -0.370 e. The van der Waals surface area contributed by atoms with E-state index in [0.717, 1.165) is 14.2 Å². The molecule has 1 saturated heterocycles. The van der Waals surface area contributed by atoms with Gasteiger partial charge < -0.3 is 9.64 Å². The Morgan fingerprint density at radius 1 is 1.27 bits per heavy atom. The number of hydrogen-bond acceptors (Lipinski definition) is 3. The molecule has 114 valence electrons. The highest BCUT2D eigenvalue weighted by atomic mass is 79.9. The number of hydrogen-bond donors (Lipinski definition) is 0. The summed E-state index contributed by atoms with van der Waals surface area (Å²) in [7, 11) is 0. The lowest BCUT2D eigenvalue weighted by molar-refractivity contribution is -0.133. The summed E-state index contributed by atoms with van der Waals surface area (Å²) in [4.78, 5) is 15.2. The van der Waals surface area contributed by atoms with E-state index < -0.39 is 0 Å². The maximum absolute atomic E-state index is 12.3. The molecule has 1 amide bonds. The highest BCUT2D eigenvalue weighted by molar-refractivity contribution is 9.11. The summed E-state index contributed by atoms with van der Waals surface area (Å²) in [6, 6.07) is 14.0. The molecule has 1 aliphatic rings. The van der Waals surface area contributed by atoms with Crippen molar-refractivity contribution in [1.82, 2.24) is 4.90 Å². The van der Waals surface area contributed by atoms with Gasteiger partial charge in [-0.1, -0.05) is 30.3 Å². The minimum absolute atomic E-state index is 0.0359. The fourth-order valence-corrected chi connectivity index (χ4v) is 3.72. The van der Waals surface area contributed by atoms with E-state index in [4.69, 9.17) is 4.74 Å². The van der Waals surface area contributed by atoms with Crippen molar-refractivity contribution in [1.29, 1.82) is 0 Å². The van der Waals surface area contributed by atoms with Crippen molar-refractivity contribution in [2.75, 3.05) is 19.7 Å². The second-order valence-corrected chi connectivity index (χ2v) is 7.52. The highest BCUT2D eigenvalue weighted by Gasteiger charge is 2.23. The van der Waals surface area contributed by atoms with Crippen LogP contribution in [0.4, 0.5) is 0 Å². The van der Waals surface area contributed by atoms with E-state index in [9.17, 15) is 4.79 Å². The summed E-state index contributed by atoms with van der Waals surface area (Å²) < 4.78 is 6.85. The van der Waals surface area contributed by atoms with Crippen LogP contribution in [0.25, 0.3) is 6.08 Å². The number of halogens is 1. The summed E-state index contributed by atoms with van der Waals surface area (Å²) in [5.41, 5.74) is 1.12. The Hall–Kier alpha value is -1.43. The zero-order valence-corrected chi connectivity index (χ0v) is 14.3. The Bertz CT molecular complexity index is 668. The van der Waals surface area contributed by atoms with Crippen molar-refractivity contribution in [3.63, 3.8) is 0 Å². The van der Waals surface area contributed by atoms with Gasteiger partial charge >= 0.3 is 0 Å². The number of carbonyl (C=O) groups is 1. The number of benzene rings is 1. The SMILES string of the molecule is O=C(/C=C/c1ccc(Br)s1)N1CCOC(c2ccccc2)C1. The maximum atomic E-state index is 12.3. The average molecular weight is 378 g/mol. The zero-order valence-electron chi connectivity index (χ0n) is 11.9. The standard InChI is InChI=1S/C17H16BrNO2S/c18-16-8-6-14(22-16)7-9-17(20)19-10-11-21-15(12-19)13-4-2-1-3-5-13/h1-9,15H,10-12H2/b9-7+. The van der Waals surface area contributed by atoms with Gasteiger partial charge in [-0.15, -0.1) is 11.3 Å². The van der Waals surface area contributed by atoms with Crippen molar-refractivity contribution in [3.05, 3.63) is 62.8 Å². The van der Waals surface area contributed by atoms with Gasteiger partial charge in [-0.05, 0) is 39.7 Å². The van der Waals surface area contributed by atoms with Crippen LogP contribution >= 0.6 is 27.3 Å². The van der Waals surface area contributed by atoms with Crippen molar-refractivity contribution >= 4 is 39.2 Å². The second-order valence-electron chi connectivity index (χ2n) is 5.03. The molecule has 0 N–H and O–H groups in total. The van der Waals surface area contributed by atoms with Gasteiger partial charge in [0, 0.05) is 17.5 Å². The first-order valence-electron chi connectivity index (χ1n) is 7.11. The number of nitrogens with zero attached hydrogens (tertiary/aromatic N) is 1. The summed E-state index contributed by atoms with van der Waals surface area (Å²) in [5.74, 6) is 0.0359. The summed E-state index contributed by atoms with van der Waals surface area (Å²) in [6.45, 7) is 1.81. The number of ether oxygens (including phenoxy) is 1. The van der Waals surface area contributed by atoms with Crippen LogP contribution in [0.2, 0.25) is 0 Å². The third-order valence-electron chi connectivity index (χ3n) is 3.53. The number of amides is 1. The van der Waals surface area contributed by atoms with Gasteiger partial charge in [0.2, 0.25) is 5.91 Å². The predicted molar refractivity (Wildman–Crippen MR) is 92.8 cm³/mol. The van der Waals surface area contributed by atoms with Gasteiger partial charge in [0.15, 0.2) is 0 Å². The summed E-state index contributed by atoms with van der Waals surface area (Å²) in [5, 5.41) is 0. The molecule has 2 heterocycles. The van der Waals surface area contributed by atoms with Crippen LogP contribution in [0.5, 0.6) is 0 Å². The number of morpholine rings is 1. The molecule has 1 fully saturated rings. The van der Waals surface area contributed by atoms with Crippen LogP contribution in [-0.4, -0.2) is 30.5 Å². The van der Waals surface area contributed by atoms with E-state index in [-0.39, 0.29) is 12.0 Å². The third kappa shape index (κ3) is 3.85. The Morgan fingerprint density at radius 3 is 2.82 bits per heavy atom. The lowest BCUT2D eigenvalue weighted by Crippen LogP contribution is -2.41. The molecule has 1 atom stereocenters. The third-order valence-corrected chi connectivity index (χ3v) is 5.12. The van der Waals surface area contributed by atoms with Crippen LogP contribution < -0.4 is 0 Å². The van der Waals surface area contributed by atoms with Crippen LogP contribution in [-0.2, 0) is 9.53 Å². The maximum Gasteiger partial charge on any atom is 0.246 e. The summed E-state index contributed by atoms with van der Waals surface area (Å²) >= 11 is 5.03. The lowest BCUT2D eigenvalue weighted by Gasteiger charge is -2.32. The topological polar surface area (TPSA) is 29.5 Å². The molecule has 1 aromatic carbocycles. The lowest BCUT2D eigenvalue weighted by atomic mass is 10.1. The Kier molecular flexibility index (Phi) is 5.08. The van der Waals surface area contributed by atoms with Crippen molar-refractivity contribution < 1.29 is 9.53 Å². The highest BCUT2D eigenvalue weighted by Crippen LogP contribution is 2.24. The van der Waals surface area contributed by atoms with E-state index in [2.05, 4.69) is 15.9 Å². The van der Waals surface area contributed by atoms with Gasteiger partial charge in [0.1, 0.15) is 6.10 Å². The molecule has 0 bridgehead atoms. The van der Waals surface area contributed by atoms with E-state index >= 15 is 0 Å². The van der Waals surface area contributed by atoms with E-state index in [1.54, 1.807) is 17.4 Å². The fourth-order valence-electron chi connectivity index (χ4n) is 2.40. The van der Waals surface area contributed by atoms with Crippen LogP contribution in [0.15, 0.2) is 52.3 Å². The Balaban J connectivity index is 1.64. The van der Waals surface area contributed by atoms with Crippen molar-refractivity contribution in [2.45, 2.75) is 6.10 Å². The first-order valence-corrected chi connectivity index (χ1v) is 8.72. The molecule has 3 nitrogen and oxygen atoms in total. The first kappa shape index (κ1) is 15.5. The zero-order chi connectivity index (χ0) is 15.4. The second kappa shape index (κ2) is 7.22. The molecule has 5 heteroatoms. The number of thiophene rings is 1. The number of rotatable bonds is 3. The average Bonchev–Trinajstić information content (AvgIpc) is 2.99. The molecule has 1 aliphatic heterocycles. The molecule has 1 unspecified atom stereocenters. The Morgan fingerprint density at radius 2 is 2.09 bits per heavy atom. The molecule has 2 aromatic rings. The van der Waals surface area contributed by atoms with Gasteiger partial charge in [-0.25, -0.2) is 0 Å². The van der Waals surface area contributed by atoms with Gasteiger partial charge in [-0.2, -0.15) is 0 Å². The molecule has 0 radical (unpaired) electrons. The molecular weight excluding hydrogens is 362 g/mol. The molecule has 1 aromatic heterocycles. The largest absolute Gasteiger partial charge is 0.370 e. The molecule has 3 rings (SSSR count). The Labute approximate surface area is 142 Å². The first-order chi connectivity index (χ1) is 10.7. The smallest absolute Gasteiger partial charge is 0.246 e. The predicted octanol–water partition coefficient (Wildman–Crippen LogP) is 4.12. The van der Waals surface area contributed by atoms with Crippen molar-refractivity contribution in [2.24, 2.45) is 0 Å². The van der Waals surface area contributed by atoms with Crippen LogP contribution in [0.1, 0.15) is 16.5 Å². The molecule has 22 heavy (non-hydrogen) atoms. The van der Waals surface area contributed by atoms with Gasteiger partial charge in [0.05, 0.1) is 16.9 Å². The monoisotopic (exact) mass is 377 g/mol. The summed E-state index contributed by atoms with van der Waals surface area (Å²) in [6.07, 6.45) is 3.47. The van der Waals surface area contributed by atoms with E-state index in [0.29, 0.717) is 19.7 Å². The minimum atomic E-state index is -0.0387. The van der Waals surface area contributed by atoms with E-state index in [1.807, 2.05) is 53.4 Å². The van der Waals surface area contributed by atoms with Crippen molar-refractivity contribution in [3.8, 4) is 0 Å². The van der Waals surface area contributed by atoms with E-state index in [1.165, 1.54) is 0 Å². The van der Waals surface area contributed by atoms with Gasteiger partial charge in [0.25, 0.3) is 0 Å².